The minimum Gasteiger partial charge on any atom is -0.447 e. The van der Waals surface area contributed by atoms with E-state index >= 15 is 0 Å². The second kappa shape index (κ2) is 4.14. The van der Waals surface area contributed by atoms with Crippen LogP contribution in [0.3, 0.4) is 0 Å². The summed E-state index contributed by atoms with van der Waals surface area (Å²) in [5, 5.41) is 3.84. The van der Waals surface area contributed by atoms with Crippen molar-refractivity contribution in [1.29, 1.82) is 0 Å². The first-order chi connectivity index (χ1) is 8.74. The molecule has 0 radical (unpaired) electrons. The smallest absolute Gasteiger partial charge is 0.414 e. The van der Waals surface area contributed by atoms with Gasteiger partial charge < -0.3 is 9.26 Å². The van der Waals surface area contributed by atoms with E-state index in [1.807, 2.05) is 24.3 Å². The normalized spacial score (nSPS) is 14.9. The Hall–Kier alpha value is -2.37. The van der Waals surface area contributed by atoms with Gasteiger partial charge in [-0.25, -0.2) is 4.79 Å². The molecule has 2 aromatic rings. The molecule has 6 heteroatoms. The summed E-state index contributed by atoms with van der Waals surface area (Å²) in [5.41, 5.74) is 1.66. The molecule has 1 aliphatic rings. The largest absolute Gasteiger partial charge is 0.447 e. The predicted molar refractivity (Wildman–Crippen MR) is 63.2 cm³/mol. The van der Waals surface area contributed by atoms with Crippen LogP contribution in [0, 0.1) is 6.92 Å². The molecule has 0 aliphatic carbocycles. The van der Waals surface area contributed by atoms with Gasteiger partial charge in [0.05, 0.1) is 6.54 Å². The Morgan fingerprint density at radius 2 is 2.06 bits per heavy atom. The molecule has 0 unspecified atom stereocenters. The van der Waals surface area contributed by atoms with Gasteiger partial charge in [-0.1, -0.05) is 5.16 Å². The van der Waals surface area contributed by atoms with Crippen LogP contribution in [-0.2, 0) is 4.74 Å². The van der Waals surface area contributed by atoms with Crippen molar-refractivity contribution in [2.45, 2.75) is 6.92 Å². The monoisotopic (exact) mass is 245 g/mol. The number of amides is 1. The lowest BCUT2D eigenvalue weighted by Crippen LogP contribution is -2.23. The summed E-state index contributed by atoms with van der Waals surface area (Å²) in [6.07, 6.45) is -0.307. The fourth-order valence-electron chi connectivity index (χ4n) is 1.83. The van der Waals surface area contributed by atoms with Crippen molar-refractivity contribution in [2.24, 2.45) is 0 Å². The Kier molecular flexibility index (Phi) is 2.47. The van der Waals surface area contributed by atoms with Gasteiger partial charge >= 0.3 is 6.09 Å². The van der Waals surface area contributed by atoms with E-state index in [-0.39, 0.29) is 6.09 Å². The molecule has 1 saturated heterocycles. The summed E-state index contributed by atoms with van der Waals surface area (Å²) in [5.74, 6) is 1.07. The van der Waals surface area contributed by atoms with Crippen molar-refractivity contribution in [3.05, 3.63) is 30.2 Å². The maximum atomic E-state index is 11.4. The third kappa shape index (κ3) is 1.81. The van der Waals surface area contributed by atoms with E-state index in [0.29, 0.717) is 24.9 Å². The third-order valence-corrected chi connectivity index (χ3v) is 2.73. The van der Waals surface area contributed by atoms with Crippen LogP contribution in [0.25, 0.3) is 11.4 Å². The van der Waals surface area contributed by atoms with Crippen LogP contribution in [0.1, 0.15) is 5.89 Å². The van der Waals surface area contributed by atoms with E-state index < -0.39 is 0 Å². The maximum Gasteiger partial charge on any atom is 0.414 e. The number of aryl methyl sites for hydroxylation is 1. The van der Waals surface area contributed by atoms with Gasteiger partial charge in [-0.3, -0.25) is 4.90 Å². The van der Waals surface area contributed by atoms with E-state index in [4.69, 9.17) is 9.26 Å². The average Bonchev–Trinajstić information content (AvgIpc) is 2.98. The first kappa shape index (κ1) is 10.8. The van der Waals surface area contributed by atoms with Crippen LogP contribution in [-0.4, -0.2) is 29.4 Å². The highest BCUT2D eigenvalue weighted by molar-refractivity contribution is 5.89. The lowest BCUT2D eigenvalue weighted by molar-refractivity contribution is 0.181. The molecule has 0 N–H and O–H groups in total. The highest BCUT2D eigenvalue weighted by atomic mass is 16.6. The minimum absolute atomic E-state index is 0.307. The van der Waals surface area contributed by atoms with E-state index in [1.165, 1.54) is 0 Å². The predicted octanol–water partition coefficient (Wildman–Crippen LogP) is 2.00. The Morgan fingerprint density at radius 1 is 1.28 bits per heavy atom. The zero-order valence-electron chi connectivity index (χ0n) is 9.79. The van der Waals surface area contributed by atoms with Gasteiger partial charge in [0.15, 0.2) is 0 Å². The number of carbonyl (C=O) groups excluding carboxylic acids is 1. The number of ether oxygens (including phenoxy) is 1. The Balaban J connectivity index is 1.87. The summed E-state index contributed by atoms with van der Waals surface area (Å²) in [6, 6.07) is 7.39. The van der Waals surface area contributed by atoms with E-state index in [0.717, 1.165) is 11.3 Å². The molecule has 92 valence electrons. The third-order valence-electron chi connectivity index (χ3n) is 2.73. The number of rotatable bonds is 2. The number of hydrogen-bond acceptors (Lipinski definition) is 5. The molecule has 2 heterocycles. The molecule has 1 amide bonds. The molecule has 18 heavy (non-hydrogen) atoms. The number of anilines is 1. The molecule has 1 aromatic heterocycles. The van der Waals surface area contributed by atoms with Gasteiger partial charge in [0, 0.05) is 18.2 Å². The van der Waals surface area contributed by atoms with Gasteiger partial charge in [0.25, 0.3) is 0 Å². The number of carbonyl (C=O) groups is 1. The first-order valence-corrected chi connectivity index (χ1v) is 5.59. The highest BCUT2D eigenvalue weighted by Crippen LogP contribution is 2.23. The van der Waals surface area contributed by atoms with Crippen LogP contribution >= 0.6 is 0 Å². The number of cyclic esters (lactones) is 1. The minimum atomic E-state index is -0.307. The van der Waals surface area contributed by atoms with Gasteiger partial charge in [0.1, 0.15) is 6.61 Å². The van der Waals surface area contributed by atoms with E-state index in [1.54, 1.807) is 11.8 Å². The lowest BCUT2D eigenvalue weighted by atomic mass is 10.2. The fourth-order valence-corrected chi connectivity index (χ4v) is 1.83. The van der Waals surface area contributed by atoms with Gasteiger partial charge in [-0.05, 0) is 24.3 Å². The Morgan fingerprint density at radius 3 is 2.61 bits per heavy atom. The quantitative estimate of drug-likeness (QED) is 0.809. The van der Waals surface area contributed by atoms with Gasteiger partial charge in [-0.15, -0.1) is 0 Å². The molecule has 0 saturated carbocycles. The molecule has 0 spiro atoms. The zero-order chi connectivity index (χ0) is 12.5. The summed E-state index contributed by atoms with van der Waals surface area (Å²) in [4.78, 5) is 17.1. The fraction of sp³-hybridized carbons (Fsp3) is 0.250. The van der Waals surface area contributed by atoms with Crippen LogP contribution in [0.2, 0.25) is 0 Å². The van der Waals surface area contributed by atoms with Crippen molar-refractivity contribution in [2.75, 3.05) is 18.1 Å². The standard InChI is InChI=1S/C12H11N3O3/c1-8-13-11(14-18-8)9-2-4-10(5-3-9)15-6-7-17-12(15)16/h2-5H,6-7H2,1H3. The number of hydrogen-bond donors (Lipinski definition) is 0. The molecule has 6 nitrogen and oxygen atoms in total. The van der Waals surface area contributed by atoms with Crippen molar-refractivity contribution in [3.8, 4) is 11.4 Å². The van der Waals surface area contributed by atoms with Crippen LogP contribution in [0.5, 0.6) is 0 Å². The molecule has 1 aromatic carbocycles. The molecular weight excluding hydrogens is 234 g/mol. The SMILES string of the molecule is Cc1nc(-c2ccc(N3CCOC3=O)cc2)no1. The molecule has 0 atom stereocenters. The van der Waals surface area contributed by atoms with Crippen molar-refractivity contribution in [3.63, 3.8) is 0 Å². The van der Waals surface area contributed by atoms with Crippen molar-refractivity contribution in [1.82, 2.24) is 10.1 Å². The number of aromatic nitrogens is 2. The lowest BCUT2D eigenvalue weighted by Gasteiger charge is -2.12. The van der Waals surface area contributed by atoms with Crippen LogP contribution in [0.15, 0.2) is 28.8 Å². The number of benzene rings is 1. The molecular formula is C12H11N3O3. The van der Waals surface area contributed by atoms with Crippen molar-refractivity contribution < 1.29 is 14.1 Å². The first-order valence-electron chi connectivity index (χ1n) is 5.59. The van der Waals surface area contributed by atoms with E-state index in [9.17, 15) is 4.79 Å². The highest BCUT2D eigenvalue weighted by Gasteiger charge is 2.23. The van der Waals surface area contributed by atoms with Crippen molar-refractivity contribution >= 4 is 11.8 Å². The zero-order valence-corrected chi connectivity index (χ0v) is 9.79. The maximum absolute atomic E-state index is 11.4. The average molecular weight is 245 g/mol. The van der Waals surface area contributed by atoms with E-state index in [2.05, 4.69) is 10.1 Å². The van der Waals surface area contributed by atoms with Crippen LogP contribution in [0.4, 0.5) is 10.5 Å². The second-order valence-corrected chi connectivity index (χ2v) is 3.95. The molecule has 1 aliphatic heterocycles. The molecule has 0 bridgehead atoms. The summed E-state index contributed by atoms with van der Waals surface area (Å²) >= 11 is 0. The second-order valence-electron chi connectivity index (χ2n) is 3.95. The van der Waals surface area contributed by atoms with Gasteiger partial charge in [0.2, 0.25) is 11.7 Å². The van der Waals surface area contributed by atoms with Crippen LogP contribution < -0.4 is 4.90 Å². The Labute approximate surface area is 103 Å². The summed E-state index contributed by atoms with van der Waals surface area (Å²) < 4.78 is 9.81. The molecule has 1 fully saturated rings. The number of nitrogens with zero attached hydrogens (tertiary/aromatic N) is 3. The van der Waals surface area contributed by atoms with Gasteiger partial charge in [-0.2, -0.15) is 4.98 Å². The topological polar surface area (TPSA) is 68.5 Å². The summed E-state index contributed by atoms with van der Waals surface area (Å²) in [6.45, 7) is 2.76. The molecule has 3 rings (SSSR count). The summed E-state index contributed by atoms with van der Waals surface area (Å²) in [7, 11) is 0. The Bertz CT molecular complexity index is 577.